The maximum Gasteiger partial charge on any atom is 0.276 e. The number of methoxy groups -OCH3 is 2. The number of aromatic hydroxyl groups is 1. The first-order chi connectivity index (χ1) is 18.1. The Kier molecular flexibility index (Phi) is 7.04. The number of sulfonamides is 1. The number of aryl methyl sites for hydroxylation is 1. The summed E-state index contributed by atoms with van der Waals surface area (Å²) >= 11 is 0. The highest BCUT2D eigenvalue weighted by molar-refractivity contribution is 7.89. The van der Waals surface area contributed by atoms with E-state index in [2.05, 4.69) is 5.10 Å². The van der Waals surface area contributed by atoms with Gasteiger partial charge in [0.05, 0.1) is 41.5 Å². The highest BCUT2D eigenvalue weighted by atomic mass is 32.2. The van der Waals surface area contributed by atoms with Crippen molar-refractivity contribution in [2.24, 2.45) is 5.10 Å². The standard InChI is InChI=1S/C25H22N4O8S/c1-15-8-10-17(13-21(15)29(32)33)38(34,35)27-26-14-20-18-6-4-5-7-19(18)24(30)28(25(20)31)16-9-11-22(36-2)23(12-16)37-3/h4-14,27,31H,1-3H3/b26-14-. The Labute approximate surface area is 216 Å². The third-order valence-corrected chi connectivity index (χ3v) is 7.00. The molecule has 0 unspecified atom stereocenters. The average molecular weight is 539 g/mol. The number of nitro benzene ring substituents is 1. The van der Waals surface area contributed by atoms with Crippen molar-refractivity contribution in [3.63, 3.8) is 0 Å². The molecule has 0 aliphatic rings. The minimum atomic E-state index is -4.29. The zero-order chi connectivity index (χ0) is 27.6. The lowest BCUT2D eigenvalue weighted by Gasteiger charge is -2.15. The Morgan fingerprint density at radius 2 is 1.71 bits per heavy atom. The van der Waals surface area contributed by atoms with Gasteiger partial charge in [-0.3, -0.25) is 14.9 Å². The van der Waals surface area contributed by atoms with Gasteiger partial charge in [-0.2, -0.15) is 13.5 Å². The molecule has 0 fully saturated rings. The van der Waals surface area contributed by atoms with Gasteiger partial charge in [0.15, 0.2) is 11.5 Å². The van der Waals surface area contributed by atoms with Gasteiger partial charge in [0.25, 0.3) is 21.3 Å². The van der Waals surface area contributed by atoms with Crippen LogP contribution in [-0.4, -0.2) is 43.4 Å². The summed E-state index contributed by atoms with van der Waals surface area (Å²) in [5, 5.41) is 26.7. The Balaban J connectivity index is 1.81. The van der Waals surface area contributed by atoms with Crippen LogP contribution < -0.4 is 19.9 Å². The van der Waals surface area contributed by atoms with Crippen molar-refractivity contribution in [2.45, 2.75) is 11.8 Å². The van der Waals surface area contributed by atoms with Crippen LogP contribution in [0.2, 0.25) is 0 Å². The van der Waals surface area contributed by atoms with E-state index in [9.17, 15) is 28.4 Å². The van der Waals surface area contributed by atoms with E-state index in [1.165, 1.54) is 39.3 Å². The molecule has 0 amide bonds. The smallest absolute Gasteiger partial charge is 0.276 e. The molecular weight excluding hydrogens is 516 g/mol. The molecule has 1 aromatic heterocycles. The van der Waals surface area contributed by atoms with Crippen molar-refractivity contribution < 1.29 is 27.9 Å². The fraction of sp³-hybridized carbons (Fsp3) is 0.120. The molecule has 0 bridgehead atoms. The van der Waals surface area contributed by atoms with Gasteiger partial charge in [0, 0.05) is 28.5 Å². The van der Waals surface area contributed by atoms with Crippen LogP contribution in [0.3, 0.4) is 0 Å². The molecule has 0 saturated heterocycles. The maximum atomic E-state index is 13.3. The van der Waals surface area contributed by atoms with Crippen molar-refractivity contribution in [1.82, 2.24) is 9.40 Å². The highest BCUT2D eigenvalue weighted by Crippen LogP contribution is 2.32. The predicted molar refractivity (Wildman–Crippen MR) is 140 cm³/mol. The third kappa shape index (κ3) is 4.74. The number of nitrogens with one attached hydrogen (secondary N) is 1. The van der Waals surface area contributed by atoms with Crippen LogP contribution in [-0.2, 0) is 10.0 Å². The fourth-order valence-corrected chi connectivity index (χ4v) is 4.67. The summed E-state index contributed by atoms with van der Waals surface area (Å²) in [6, 6.07) is 14.5. The maximum absolute atomic E-state index is 13.3. The van der Waals surface area contributed by atoms with Crippen molar-refractivity contribution in [2.75, 3.05) is 14.2 Å². The molecule has 38 heavy (non-hydrogen) atoms. The summed E-state index contributed by atoms with van der Waals surface area (Å²) in [5.41, 5.74) is -0.283. The summed E-state index contributed by atoms with van der Waals surface area (Å²) in [7, 11) is -1.40. The number of hydrazone groups is 1. The summed E-state index contributed by atoms with van der Waals surface area (Å²) in [6.07, 6.45) is 1.05. The number of nitrogens with zero attached hydrogens (tertiary/aromatic N) is 3. The van der Waals surface area contributed by atoms with Gasteiger partial charge in [-0.25, -0.2) is 9.40 Å². The lowest BCUT2D eigenvalue weighted by atomic mass is 10.1. The van der Waals surface area contributed by atoms with Crippen LogP contribution in [0.1, 0.15) is 11.1 Å². The lowest BCUT2D eigenvalue weighted by molar-refractivity contribution is -0.385. The summed E-state index contributed by atoms with van der Waals surface area (Å²) in [4.78, 5) is 25.5. The Bertz CT molecular complexity index is 1760. The van der Waals surface area contributed by atoms with Crippen LogP contribution in [0, 0.1) is 17.0 Å². The van der Waals surface area contributed by atoms with Crippen molar-refractivity contribution in [1.29, 1.82) is 0 Å². The molecule has 4 rings (SSSR count). The number of fused-ring (bicyclic) bond motifs is 1. The molecular formula is C25H22N4O8S. The van der Waals surface area contributed by atoms with Crippen molar-refractivity contribution in [3.05, 3.63) is 92.3 Å². The first kappa shape index (κ1) is 26.2. The second kappa shape index (κ2) is 10.2. The second-order valence-electron chi connectivity index (χ2n) is 8.02. The number of rotatable bonds is 8. The van der Waals surface area contributed by atoms with Crippen LogP contribution in [0.4, 0.5) is 5.69 Å². The first-order valence-corrected chi connectivity index (χ1v) is 12.5. The van der Waals surface area contributed by atoms with E-state index >= 15 is 0 Å². The summed E-state index contributed by atoms with van der Waals surface area (Å²) < 4.78 is 37.0. The van der Waals surface area contributed by atoms with E-state index in [4.69, 9.17) is 9.47 Å². The molecule has 196 valence electrons. The SMILES string of the molecule is COc1ccc(-n2c(O)c(/C=N\NS(=O)(=O)c3ccc(C)c([N+](=O)[O-])c3)c3ccccc3c2=O)cc1OC. The molecule has 0 aliphatic heterocycles. The Morgan fingerprint density at radius 1 is 1.03 bits per heavy atom. The van der Waals surface area contributed by atoms with E-state index in [1.807, 2.05) is 4.83 Å². The van der Waals surface area contributed by atoms with Crippen LogP contribution in [0.15, 0.2) is 75.5 Å². The zero-order valence-corrected chi connectivity index (χ0v) is 21.2. The van der Waals surface area contributed by atoms with E-state index in [0.29, 0.717) is 22.4 Å². The Morgan fingerprint density at radius 3 is 2.37 bits per heavy atom. The lowest BCUT2D eigenvalue weighted by Crippen LogP contribution is -2.21. The van der Waals surface area contributed by atoms with Crippen LogP contribution in [0.25, 0.3) is 16.5 Å². The predicted octanol–water partition coefficient (Wildman–Crippen LogP) is 3.24. The number of hydrogen-bond donors (Lipinski definition) is 2. The van der Waals surface area contributed by atoms with Gasteiger partial charge >= 0.3 is 0 Å². The normalized spacial score (nSPS) is 11.6. The summed E-state index contributed by atoms with van der Waals surface area (Å²) in [6.45, 7) is 1.49. The minimum absolute atomic E-state index is 0.0487. The second-order valence-corrected chi connectivity index (χ2v) is 9.68. The molecule has 0 atom stereocenters. The van der Waals surface area contributed by atoms with Crippen LogP contribution >= 0.6 is 0 Å². The number of aromatic nitrogens is 1. The Hall–Kier alpha value is -4.91. The molecule has 2 N–H and O–H groups in total. The molecule has 0 radical (unpaired) electrons. The molecule has 3 aromatic carbocycles. The zero-order valence-electron chi connectivity index (χ0n) is 20.4. The number of pyridine rings is 1. The number of benzene rings is 3. The van der Waals surface area contributed by atoms with Crippen LogP contribution in [0.5, 0.6) is 17.4 Å². The topological polar surface area (TPSA) is 162 Å². The van der Waals surface area contributed by atoms with Gasteiger partial charge in [-0.15, -0.1) is 0 Å². The van der Waals surface area contributed by atoms with Crippen molar-refractivity contribution in [3.8, 4) is 23.1 Å². The van der Waals surface area contributed by atoms with E-state index < -0.39 is 26.4 Å². The van der Waals surface area contributed by atoms with Crippen molar-refractivity contribution >= 4 is 32.7 Å². The monoisotopic (exact) mass is 538 g/mol. The average Bonchev–Trinajstić information content (AvgIpc) is 2.90. The highest BCUT2D eigenvalue weighted by Gasteiger charge is 2.21. The molecule has 0 saturated carbocycles. The van der Waals surface area contributed by atoms with Gasteiger partial charge < -0.3 is 14.6 Å². The molecule has 12 nitrogen and oxygen atoms in total. The van der Waals surface area contributed by atoms with Gasteiger partial charge in [-0.05, 0) is 31.2 Å². The van der Waals surface area contributed by atoms with Gasteiger partial charge in [0.2, 0.25) is 5.88 Å². The number of ether oxygens (including phenoxy) is 2. The quantitative estimate of drug-likeness (QED) is 0.196. The minimum Gasteiger partial charge on any atom is -0.494 e. The van der Waals surface area contributed by atoms with Gasteiger partial charge in [0.1, 0.15) is 0 Å². The summed E-state index contributed by atoms with van der Waals surface area (Å²) in [5.74, 6) is 0.228. The largest absolute Gasteiger partial charge is 0.494 e. The van der Waals surface area contributed by atoms with E-state index in [1.54, 1.807) is 36.4 Å². The van der Waals surface area contributed by atoms with Gasteiger partial charge in [-0.1, -0.05) is 24.3 Å². The third-order valence-electron chi connectivity index (χ3n) is 5.78. The fourth-order valence-electron chi connectivity index (χ4n) is 3.86. The first-order valence-electron chi connectivity index (χ1n) is 11.0. The molecule has 1 heterocycles. The molecule has 0 spiro atoms. The number of nitro groups is 1. The molecule has 0 aliphatic carbocycles. The molecule has 13 heteroatoms. The van der Waals surface area contributed by atoms with E-state index in [0.717, 1.165) is 16.8 Å². The van der Waals surface area contributed by atoms with E-state index in [-0.39, 0.29) is 27.2 Å². The number of hydrogen-bond acceptors (Lipinski definition) is 9. The molecule has 4 aromatic rings.